The predicted molar refractivity (Wildman–Crippen MR) is 68.3 cm³/mol. The molecule has 19 heavy (non-hydrogen) atoms. The third-order valence-electron chi connectivity index (χ3n) is 3.27. The Bertz CT molecular complexity index is 438. The molecule has 5 heteroatoms. The Balaban J connectivity index is 1.67. The summed E-state index contributed by atoms with van der Waals surface area (Å²) in [4.78, 5) is 11.5. The lowest BCUT2D eigenvalue weighted by atomic mass is 10.1. The number of benzene rings is 1. The SMILES string of the molecule is O=C(COc1cccc(F)c1)NCC1CCC(O)C1. The van der Waals surface area contributed by atoms with E-state index in [0.717, 1.165) is 19.3 Å². The number of carbonyl (C=O) groups excluding carboxylic acids is 1. The van der Waals surface area contributed by atoms with Gasteiger partial charge in [0.25, 0.3) is 5.91 Å². The molecule has 2 atom stereocenters. The lowest BCUT2D eigenvalue weighted by Crippen LogP contribution is -2.32. The van der Waals surface area contributed by atoms with Gasteiger partial charge < -0.3 is 15.2 Å². The number of rotatable bonds is 5. The van der Waals surface area contributed by atoms with Gasteiger partial charge in [-0.25, -0.2) is 4.39 Å². The summed E-state index contributed by atoms with van der Waals surface area (Å²) < 4.78 is 18.1. The van der Waals surface area contributed by atoms with Crippen LogP contribution in [0.3, 0.4) is 0 Å². The van der Waals surface area contributed by atoms with Gasteiger partial charge in [-0.05, 0) is 37.3 Å². The molecule has 1 aliphatic rings. The molecule has 1 aromatic rings. The number of hydrogen-bond acceptors (Lipinski definition) is 3. The average molecular weight is 267 g/mol. The molecule has 0 radical (unpaired) electrons. The van der Waals surface area contributed by atoms with Crippen molar-refractivity contribution in [2.75, 3.05) is 13.2 Å². The molecular formula is C14H18FNO3. The molecule has 0 spiro atoms. The molecule has 0 aromatic heterocycles. The maximum atomic E-state index is 12.9. The molecule has 0 aliphatic heterocycles. The second-order valence-electron chi connectivity index (χ2n) is 4.88. The fourth-order valence-electron chi connectivity index (χ4n) is 2.25. The van der Waals surface area contributed by atoms with E-state index in [1.165, 1.54) is 18.2 Å². The number of halogens is 1. The summed E-state index contributed by atoms with van der Waals surface area (Å²) in [6.45, 7) is 0.432. The minimum atomic E-state index is -0.391. The van der Waals surface area contributed by atoms with Crippen molar-refractivity contribution < 1.29 is 19.0 Å². The molecule has 104 valence electrons. The smallest absolute Gasteiger partial charge is 0.257 e. The van der Waals surface area contributed by atoms with Gasteiger partial charge in [0.15, 0.2) is 6.61 Å². The second-order valence-corrected chi connectivity index (χ2v) is 4.88. The van der Waals surface area contributed by atoms with Crippen molar-refractivity contribution >= 4 is 5.91 Å². The largest absolute Gasteiger partial charge is 0.484 e. The van der Waals surface area contributed by atoms with Crippen LogP contribution in [-0.4, -0.2) is 30.3 Å². The standard InChI is InChI=1S/C14H18FNO3/c15-11-2-1-3-13(7-11)19-9-14(18)16-8-10-4-5-12(17)6-10/h1-3,7,10,12,17H,4-6,8-9H2,(H,16,18). The Morgan fingerprint density at radius 1 is 1.47 bits per heavy atom. The first-order chi connectivity index (χ1) is 9.13. The van der Waals surface area contributed by atoms with Gasteiger partial charge >= 0.3 is 0 Å². The topological polar surface area (TPSA) is 58.6 Å². The Morgan fingerprint density at radius 2 is 2.32 bits per heavy atom. The summed E-state index contributed by atoms with van der Waals surface area (Å²) >= 11 is 0. The molecule has 0 saturated heterocycles. The van der Waals surface area contributed by atoms with Crippen LogP contribution in [0.15, 0.2) is 24.3 Å². The minimum absolute atomic E-state index is 0.126. The van der Waals surface area contributed by atoms with Gasteiger partial charge in [0, 0.05) is 12.6 Å². The van der Waals surface area contributed by atoms with Crippen molar-refractivity contribution in [3.05, 3.63) is 30.1 Å². The Hall–Kier alpha value is -1.62. The molecule has 4 nitrogen and oxygen atoms in total. The van der Waals surface area contributed by atoms with Crippen molar-refractivity contribution in [3.8, 4) is 5.75 Å². The summed E-state index contributed by atoms with van der Waals surface area (Å²) in [5.41, 5.74) is 0. The van der Waals surface area contributed by atoms with Crippen LogP contribution >= 0.6 is 0 Å². The number of hydrogen-bond donors (Lipinski definition) is 2. The van der Waals surface area contributed by atoms with Crippen LogP contribution in [-0.2, 0) is 4.79 Å². The highest BCUT2D eigenvalue weighted by atomic mass is 19.1. The van der Waals surface area contributed by atoms with Crippen molar-refractivity contribution in [3.63, 3.8) is 0 Å². The van der Waals surface area contributed by atoms with E-state index < -0.39 is 5.82 Å². The van der Waals surface area contributed by atoms with E-state index in [1.807, 2.05) is 0 Å². The first kappa shape index (κ1) is 13.8. The summed E-state index contributed by atoms with van der Waals surface area (Å²) in [5, 5.41) is 12.1. The zero-order valence-electron chi connectivity index (χ0n) is 10.6. The lowest BCUT2D eigenvalue weighted by molar-refractivity contribution is -0.123. The highest BCUT2D eigenvalue weighted by Gasteiger charge is 2.22. The normalized spacial score (nSPS) is 22.2. The predicted octanol–water partition coefficient (Wildman–Crippen LogP) is 1.48. The number of ether oxygens (including phenoxy) is 1. The van der Waals surface area contributed by atoms with Crippen molar-refractivity contribution in [1.82, 2.24) is 5.32 Å². The number of aliphatic hydroxyl groups excluding tert-OH is 1. The van der Waals surface area contributed by atoms with E-state index in [1.54, 1.807) is 6.07 Å². The second kappa shape index (κ2) is 6.52. The van der Waals surface area contributed by atoms with Gasteiger partial charge in [-0.1, -0.05) is 6.07 Å². The highest BCUT2D eigenvalue weighted by Crippen LogP contribution is 2.24. The Kier molecular flexibility index (Phi) is 4.74. The maximum Gasteiger partial charge on any atom is 0.257 e. The van der Waals surface area contributed by atoms with Crippen molar-refractivity contribution in [2.24, 2.45) is 5.92 Å². The molecular weight excluding hydrogens is 249 g/mol. The summed E-state index contributed by atoms with van der Waals surface area (Å²) in [6, 6.07) is 5.69. The fourth-order valence-corrected chi connectivity index (χ4v) is 2.25. The summed E-state index contributed by atoms with van der Waals surface area (Å²) in [5.74, 6) is 0.0584. The van der Waals surface area contributed by atoms with Gasteiger partial charge in [0.2, 0.25) is 0 Å². The third kappa shape index (κ3) is 4.52. The minimum Gasteiger partial charge on any atom is -0.484 e. The van der Waals surface area contributed by atoms with Crippen molar-refractivity contribution in [1.29, 1.82) is 0 Å². The van der Waals surface area contributed by atoms with Gasteiger partial charge in [-0.15, -0.1) is 0 Å². The number of carbonyl (C=O) groups is 1. The monoisotopic (exact) mass is 267 g/mol. The van der Waals surface area contributed by atoms with Gasteiger partial charge in [-0.3, -0.25) is 4.79 Å². The van der Waals surface area contributed by atoms with Crippen LogP contribution in [0.4, 0.5) is 4.39 Å². The Labute approximate surface area is 111 Å². The fraction of sp³-hybridized carbons (Fsp3) is 0.500. The molecule has 1 fully saturated rings. The molecule has 1 amide bonds. The molecule has 2 unspecified atom stereocenters. The van der Waals surface area contributed by atoms with Crippen LogP contribution < -0.4 is 10.1 Å². The number of amides is 1. The molecule has 2 rings (SSSR count). The number of aliphatic hydroxyl groups is 1. The zero-order valence-corrected chi connectivity index (χ0v) is 10.6. The van der Waals surface area contributed by atoms with Crippen LogP contribution in [0.5, 0.6) is 5.75 Å². The van der Waals surface area contributed by atoms with E-state index in [0.29, 0.717) is 18.2 Å². The highest BCUT2D eigenvalue weighted by molar-refractivity contribution is 5.77. The summed E-state index contributed by atoms with van der Waals surface area (Å²) in [7, 11) is 0. The molecule has 1 aliphatic carbocycles. The van der Waals surface area contributed by atoms with E-state index in [9.17, 15) is 14.3 Å². The first-order valence-electron chi connectivity index (χ1n) is 6.46. The van der Waals surface area contributed by atoms with Crippen LogP contribution in [0, 0.1) is 11.7 Å². The third-order valence-corrected chi connectivity index (χ3v) is 3.27. The first-order valence-corrected chi connectivity index (χ1v) is 6.46. The molecule has 1 aromatic carbocycles. The van der Waals surface area contributed by atoms with Gasteiger partial charge in [-0.2, -0.15) is 0 Å². The van der Waals surface area contributed by atoms with E-state index >= 15 is 0 Å². The quantitative estimate of drug-likeness (QED) is 0.849. The molecule has 0 heterocycles. The molecule has 1 saturated carbocycles. The van der Waals surface area contributed by atoms with E-state index in [2.05, 4.69) is 5.32 Å². The van der Waals surface area contributed by atoms with Crippen LogP contribution in [0.2, 0.25) is 0 Å². The van der Waals surface area contributed by atoms with E-state index in [4.69, 9.17) is 4.74 Å². The van der Waals surface area contributed by atoms with Gasteiger partial charge in [0.05, 0.1) is 6.10 Å². The molecule has 0 bridgehead atoms. The lowest BCUT2D eigenvalue weighted by Gasteiger charge is -2.11. The van der Waals surface area contributed by atoms with Crippen LogP contribution in [0.1, 0.15) is 19.3 Å². The maximum absolute atomic E-state index is 12.9. The zero-order chi connectivity index (χ0) is 13.7. The van der Waals surface area contributed by atoms with Crippen LogP contribution in [0.25, 0.3) is 0 Å². The average Bonchev–Trinajstić information content (AvgIpc) is 2.80. The Morgan fingerprint density at radius 3 is 3.00 bits per heavy atom. The molecule has 2 N–H and O–H groups in total. The summed E-state index contributed by atoms with van der Waals surface area (Å²) in [6.07, 6.45) is 2.25. The van der Waals surface area contributed by atoms with E-state index in [-0.39, 0.29) is 18.6 Å². The van der Waals surface area contributed by atoms with Gasteiger partial charge in [0.1, 0.15) is 11.6 Å². The van der Waals surface area contributed by atoms with Crippen molar-refractivity contribution in [2.45, 2.75) is 25.4 Å². The number of nitrogens with one attached hydrogen (secondary N) is 1.